The molecule has 6 unspecified atom stereocenters. The summed E-state index contributed by atoms with van der Waals surface area (Å²) in [6, 6.07) is 4.29. The quantitative estimate of drug-likeness (QED) is 0.190. The zero-order chi connectivity index (χ0) is 40.8. The minimum absolute atomic E-state index is 0.0326. The van der Waals surface area contributed by atoms with Crippen molar-refractivity contribution in [1.29, 1.82) is 0 Å². The Hall–Kier alpha value is -5.93. The maximum atomic E-state index is 13.7. The van der Waals surface area contributed by atoms with Gasteiger partial charge >= 0.3 is 12.2 Å². The maximum Gasteiger partial charge on any atom is 0.407 e. The number of rotatable bonds is 9. The van der Waals surface area contributed by atoms with Crippen molar-refractivity contribution in [2.45, 2.75) is 96.1 Å². The van der Waals surface area contributed by atoms with Gasteiger partial charge in [0, 0.05) is 35.8 Å². The number of methoxy groups -OCH3 is 2. The molecule has 2 saturated heterocycles. The molecule has 0 spiro atoms. The van der Waals surface area contributed by atoms with Gasteiger partial charge in [-0.3, -0.25) is 14.6 Å². The number of benzene rings is 1. The zero-order valence-corrected chi connectivity index (χ0v) is 33.8. The van der Waals surface area contributed by atoms with E-state index in [9.17, 15) is 19.2 Å². The Morgan fingerprint density at radius 1 is 0.810 bits per heavy atom. The number of fused-ring (bicyclic) bond motifs is 6. The van der Waals surface area contributed by atoms with E-state index < -0.39 is 24.3 Å². The van der Waals surface area contributed by atoms with Gasteiger partial charge in [-0.15, -0.1) is 0 Å². The number of aromatic amines is 2. The smallest absolute Gasteiger partial charge is 0.407 e. The van der Waals surface area contributed by atoms with Crippen LogP contribution in [-0.4, -0.2) is 105 Å². The van der Waals surface area contributed by atoms with Crippen LogP contribution < -0.4 is 16.0 Å². The van der Waals surface area contributed by atoms with Crippen LogP contribution in [0, 0.1) is 11.8 Å². The number of amides is 4. The molecule has 3 aromatic rings. The molecule has 16 heteroatoms. The largest absolute Gasteiger partial charge is 0.453 e. The summed E-state index contributed by atoms with van der Waals surface area (Å²) in [5.41, 5.74) is 7.44. The average Bonchev–Trinajstić information content (AvgIpc) is 4.06. The number of nitrogens with one attached hydrogen (secondary N) is 5. The number of dihydropyridines is 1. The Morgan fingerprint density at radius 2 is 1.43 bits per heavy atom. The molecular weight excluding hydrogens is 741 g/mol. The summed E-state index contributed by atoms with van der Waals surface area (Å²) < 4.78 is 9.58. The number of carbonyl (C=O) groups excluding carboxylic acids is 4. The Bertz CT molecular complexity index is 2200. The molecule has 4 aliphatic heterocycles. The summed E-state index contributed by atoms with van der Waals surface area (Å²) in [6.45, 7) is 9.36. The topological polar surface area (TPSA) is 199 Å². The van der Waals surface area contributed by atoms with E-state index in [2.05, 4.69) is 62.3 Å². The van der Waals surface area contributed by atoms with Crippen LogP contribution in [0.5, 0.6) is 0 Å². The van der Waals surface area contributed by atoms with Crippen LogP contribution in [0.3, 0.4) is 0 Å². The van der Waals surface area contributed by atoms with Gasteiger partial charge in [0.1, 0.15) is 23.7 Å². The van der Waals surface area contributed by atoms with E-state index in [4.69, 9.17) is 24.4 Å². The van der Waals surface area contributed by atoms with Crippen LogP contribution in [0.2, 0.25) is 0 Å². The first-order valence-corrected chi connectivity index (χ1v) is 20.3. The predicted octanol–water partition coefficient (Wildman–Crippen LogP) is 5.35. The van der Waals surface area contributed by atoms with Gasteiger partial charge in [-0.2, -0.15) is 0 Å². The van der Waals surface area contributed by atoms with E-state index in [1.807, 2.05) is 43.6 Å². The molecule has 6 atom stereocenters. The molecule has 0 radical (unpaired) electrons. The molecule has 5 aliphatic rings. The van der Waals surface area contributed by atoms with Crippen molar-refractivity contribution in [3.63, 3.8) is 0 Å². The first-order chi connectivity index (χ1) is 27.9. The molecule has 5 N–H and O–H groups in total. The lowest BCUT2D eigenvalue weighted by Gasteiger charge is -2.30. The predicted molar refractivity (Wildman–Crippen MR) is 217 cm³/mol. The summed E-state index contributed by atoms with van der Waals surface area (Å²) in [5, 5.41) is 8.99. The summed E-state index contributed by atoms with van der Waals surface area (Å²) in [4.78, 5) is 77.5. The Kier molecular flexibility index (Phi) is 10.6. The highest BCUT2D eigenvalue weighted by atomic mass is 16.5. The summed E-state index contributed by atoms with van der Waals surface area (Å²) in [6.07, 6.45) is 10.3. The molecular formula is C42H52N10O6. The van der Waals surface area contributed by atoms with E-state index in [0.29, 0.717) is 19.6 Å². The van der Waals surface area contributed by atoms with Gasteiger partial charge in [-0.1, -0.05) is 45.9 Å². The number of hydrogen-bond donors (Lipinski definition) is 5. The summed E-state index contributed by atoms with van der Waals surface area (Å²) in [5.74, 6) is 0.950. The van der Waals surface area contributed by atoms with Crippen molar-refractivity contribution in [1.82, 2.24) is 40.4 Å². The van der Waals surface area contributed by atoms with E-state index in [1.54, 1.807) is 0 Å². The van der Waals surface area contributed by atoms with Crippen molar-refractivity contribution in [2.75, 3.05) is 32.6 Å². The molecule has 2 aromatic heterocycles. The first kappa shape index (κ1) is 38.9. The van der Waals surface area contributed by atoms with E-state index in [-0.39, 0.29) is 47.7 Å². The molecule has 6 heterocycles. The SMILES string of the molecule is COC(=O)NC(C(=O)N1CCCC1c1nc2c([nH]1)CNc1cc(C3=NC4C=Cc5nc(C6CCCN6C(=O)C(NC(=O)OC)C(C)C)[nH]c5C4C=C3)ccc1-2)C(C)C. The molecule has 16 nitrogen and oxygen atoms in total. The minimum Gasteiger partial charge on any atom is -0.453 e. The Balaban J connectivity index is 0.975. The number of allylic oxidation sites excluding steroid dienone is 1. The number of alkyl carbamates (subject to hydrolysis) is 2. The van der Waals surface area contributed by atoms with Crippen molar-refractivity contribution in [2.24, 2.45) is 16.8 Å². The highest BCUT2D eigenvalue weighted by Gasteiger charge is 2.40. The molecule has 8 rings (SSSR count). The third-order valence-corrected chi connectivity index (χ3v) is 12.0. The Morgan fingerprint density at radius 3 is 2.03 bits per heavy atom. The number of carbonyl (C=O) groups is 4. The molecule has 306 valence electrons. The number of imidazole rings is 2. The minimum atomic E-state index is -0.699. The van der Waals surface area contributed by atoms with Gasteiger partial charge in [0.15, 0.2) is 0 Å². The fourth-order valence-electron chi connectivity index (χ4n) is 8.91. The van der Waals surface area contributed by atoms with Crippen LogP contribution in [0.1, 0.15) is 106 Å². The molecule has 1 aromatic carbocycles. The molecule has 1 aliphatic carbocycles. The highest BCUT2D eigenvalue weighted by molar-refractivity contribution is 6.10. The van der Waals surface area contributed by atoms with Gasteiger partial charge in [0.25, 0.3) is 0 Å². The van der Waals surface area contributed by atoms with Gasteiger partial charge in [-0.25, -0.2) is 19.6 Å². The van der Waals surface area contributed by atoms with Crippen LogP contribution >= 0.6 is 0 Å². The zero-order valence-electron chi connectivity index (χ0n) is 33.8. The van der Waals surface area contributed by atoms with Crippen LogP contribution in [0.4, 0.5) is 15.3 Å². The third kappa shape index (κ3) is 7.13. The van der Waals surface area contributed by atoms with E-state index in [0.717, 1.165) is 82.6 Å². The molecule has 4 amide bonds. The second kappa shape index (κ2) is 15.8. The number of nitrogens with zero attached hydrogens (tertiary/aromatic N) is 5. The van der Waals surface area contributed by atoms with Crippen molar-refractivity contribution in [3.8, 4) is 11.3 Å². The van der Waals surface area contributed by atoms with Crippen LogP contribution in [0.15, 0.2) is 41.4 Å². The standard InChI is InChI=1S/C42H52N10O6/c1-21(2)33(49-41(55)57-5)39(53)51-17-7-9-31(51)37-45-28-16-15-27-24(35(28)47-37)13-14-26(44-27)23-11-12-25-29(19-23)43-20-30-36(25)48-38(46-30)32-10-8-18-52(32)40(54)34(22(3)4)50-42(56)58-6/h11-16,19,21-22,24,27,31-34,43H,7-10,17-18,20H2,1-6H3,(H,45,47)(H,46,48)(H,49,55)(H,50,56). The molecule has 58 heavy (non-hydrogen) atoms. The number of aromatic nitrogens is 4. The van der Waals surface area contributed by atoms with Gasteiger partial charge < -0.3 is 45.2 Å². The lowest BCUT2D eigenvalue weighted by atomic mass is 9.87. The average molecular weight is 793 g/mol. The summed E-state index contributed by atoms with van der Waals surface area (Å²) in [7, 11) is 2.59. The number of hydrogen-bond acceptors (Lipinski definition) is 10. The van der Waals surface area contributed by atoms with Gasteiger partial charge in [0.2, 0.25) is 11.8 Å². The van der Waals surface area contributed by atoms with Gasteiger partial charge in [0.05, 0.1) is 67.4 Å². The maximum absolute atomic E-state index is 13.7. The monoisotopic (exact) mass is 792 g/mol. The Labute approximate surface area is 337 Å². The third-order valence-electron chi connectivity index (χ3n) is 12.0. The molecule has 0 bridgehead atoms. The fourth-order valence-corrected chi connectivity index (χ4v) is 8.91. The van der Waals surface area contributed by atoms with Crippen molar-refractivity contribution in [3.05, 3.63) is 70.7 Å². The molecule has 0 saturated carbocycles. The number of likely N-dealkylation sites (tertiary alicyclic amines) is 2. The number of H-pyrrole nitrogens is 2. The van der Waals surface area contributed by atoms with Crippen LogP contribution in [-0.2, 0) is 25.6 Å². The van der Waals surface area contributed by atoms with Crippen molar-refractivity contribution < 1.29 is 28.7 Å². The van der Waals surface area contributed by atoms with E-state index in [1.165, 1.54) is 14.2 Å². The van der Waals surface area contributed by atoms with E-state index >= 15 is 0 Å². The lowest BCUT2D eigenvalue weighted by Crippen LogP contribution is -2.51. The fraction of sp³-hybridized carbons (Fsp3) is 0.500. The van der Waals surface area contributed by atoms with Crippen molar-refractivity contribution >= 4 is 41.5 Å². The first-order valence-electron chi connectivity index (χ1n) is 20.3. The lowest BCUT2D eigenvalue weighted by molar-refractivity contribution is -0.136. The van der Waals surface area contributed by atoms with Crippen LogP contribution in [0.25, 0.3) is 17.3 Å². The number of aliphatic imine (C=N–C) groups is 1. The number of ether oxygens (including phenoxy) is 2. The van der Waals surface area contributed by atoms with Gasteiger partial charge in [-0.05, 0) is 61.8 Å². The summed E-state index contributed by atoms with van der Waals surface area (Å²) >= 11 is 0. The molecule has 2 fully saturated rings. The normalized spacial score (nSPS) is 22.7. The highest BCUT2D eigenvalue weighted by Crippen LogP contribution is 2.41. The second-order valence-corrected chi connectivity index (χ2v) is 16.3. The second-order valence-electron chi connectivity index (χ2n) is 16.3. The number of anilines is 1.